The Balaban J connectivity index is 1.91. The van der Waals surface area contributed by atoms with E-state index in [0.29, 0.717) is 19.4 Å². The highest BCUT2D eigenvalue weighted by Crippen LogP contribution is 2.22. The Morgan fingerprint density at radius 3 is 2.67 bits per heavy atom. The second-order valence-corrected chi connectivity index (χ2v) is 5.87. The predicted octanol–water partition coefficient (Wildman–Crippen LogP) is 0.227. The van der Waals surface area contributed by atoms with E-state index in [4.69, 9.17) is 4.74 Å². The van der Waals surface area contributed by atoms with Crippen LogP contribution in [0.15, 0.2) is 30.3 Å². The number of rotatable bonds is 6. The minimum absolute atomic E-state index is 0.0209. The van der Waals surface area contributed by atoms with Crippen molar-refractivity contribution in [3.05, 3.63) is 35.9 Å². The molecule has 1 heterocycles. The summed E-state index contributed by atoms with van der Waals surface area (Å²) >= 11 is 0. The third-order valence-corrected chi connectivity index (χ3v) is 3.80. The number of nitrogens with zero attached hydrogens (tertiary/aromatic N) is 1. The molecule has 130 valence electrons. The highest BCUT2D eigenvalue weighted by Gasteiger charge is 2.35. The zero-order valence-corrected chi connectivity index (χ0v) is 14.0. The van der Waals surface area contributed by atoms with Gasteiger partial charge in [-0.2, -0.15) is 0 Å². The van der Waals surface area contributed by atoms with Crippen LogP contribution in [0.25, 0.3) is 0 Å². The summed E-state index contributed by atoms with van der Waals surface area (Å²) < 4.78 is 5.44. The molecular weight excluding hydrogens is 310 g/mol. The second kappa shape index (κ2) is 8.44. The molecule has 3 amide bonds. The summed E-state index contributed by atoms with van der Waals surface area (Å²) in [4.78, 5) is 37.0. The lowest BCUT2D eigenvalue weighted by atomic mass is 9.99. The van der Waals surface area contributed by atoms with Crippen molar-refractivity contribution >= 4 is 17.7 Å². The average molecular weight is 333 g/mol. The van der Waals surface area contributed by atoms with Crippen LogP contribution >= 0.6 is 0 Å². The van der Waals surface area contributed by atoms with Gasteiger partial charge in [-0.1, -0.05) is 30.3 Å². The fourth-order valence-electron chi connectivity index (χ4n) is 2.47. The summed E-state index contributed by atoms with van der Waals surface area (Å²) in [6.07, 6.45) is 0.143. The van der Waals surface area contributed by atoms with Crippen LogP contribution in [0.5, 0.6) is 0 Å². The molecule has 1 aromatic rings. The van der Waals surface area contributed by atoms with Crippen molar-refractivity contribution in [2.24, 2.45) is 0 Å². The molecule has 1 aliphatic heterocycles. The first-order valence-corrected chi connectivity index (χ1v) is 7.93. The fraction of sp³-hybridized carbons (Fsp3) is 0.471. The Hall–Kier alpha value is -2.41. The molecule has 7 nitrogen and oxygen atoms in total. The summed E-state index contributed by atoms with van der Waals surface area (Å²) in [7, 11) is 3.40. The van der Waals surface area contributed by atoms with Gasteiger partial charge in [0.2, 0.25) is 11.8 Å². The number of hydrogen-bond donors (Lipinski definition) is 2. The first kappa shape index (κ1) is 17.9. The lowest BCUT2D eigenvalue weighted by Crippen LogP contribution is -2.52. The first-order valence-electron chi connectivity index (χ1n) is 7.93. The first-order chi connectivity index (χ1) is 11.5. The fourth-order valence-corrected chi connectivity index (χ4v) is 2.47. The van der Waals surface area contributed by atoms with Gasteiger partial charge < -0.3 is 20.3 Å². The lowest BCUT2D eigenvalue weighted by molar-refractivity contribution is -0.148. The van der Waals surface area contributed by atoms with E-state index in [-0.39, 0.29) is 24.3 Å². The van der Waals surface area contributed by atoms with E-state index in [0.717, 1.165) is 5.56 Å². The van der Waals surface area contributed by atoms with E-state index in [1.54, 1.807) is 14.1 Å². The van der Waals surface area contributed by atoms with Gasteiger partial charge in [0.1, 0.15) is 6.61 Å². The highest BCUT2D eigenvalue weighted by atomic mass is 16.5. The molecule has 0 saturated carbocycles. The molecule has 0 bridgehead atoms. The second-order valence-electron chi connectivity index (χ2n) is 5.87. The van der Waals surface area contributed by atoms with Crippen LogP contribution in [0.3, 0.4) is 0 Å². The zero-order chi connectivity index (χ0) is 17.5. The van der Waals surface area contributed by atoms with E-state index >= 15 is 0 Å². The molecule has 1 aromatic carbocycles. The molecular formula is C17H23N3O4. The van der Waals surface area contributed by atoms with Gasteiger partial charge in [-0.3, -0.25) is 14.4 Å². The van der Waals surface area contributed by atoms with Crippen LogP contribution in [-0.4, -0.2) is 56.0 Å². The van der Waals surface area contributed by atoms with Crippen molar-refractivity contribution in [2.45, 2.75) is 25.0 Å². The summed E-state index contributed by atoms with van der Waals surface area (Å²) in [6.45, 7) is 0.244. The van der Waals surface area contributed by atoms with E-state index in [1.165, 1.54) is 4.90 Å². The van der Waals surface area contributed by atoms with Gasteiger partial charge in [0.15, 0.2) is 6.10 Å². The predicted molar refractivity (Wildman–Crippen MR) is 88.0 cm³/mol. The molecule has 2 N–H and O–H groups in total. The van der Waals surface area contributed by atoms with Gasteiger partial charge in [-0.15, -0.1) is 0 Å². The molecule has 7 heteroatoms. The van der Waals surface area contributed by atoms with E-state index in [2.05, 4.69) is 10.6 Å². The maximum absolute atomic E-state index is 12.4. The Bertz CT molecular complexity index is 589. The summed E-state index contributed by atoms with van der Waals surface area (Å²) in [5.74, 6) is -0.516. The number of carbonyl (C=O) groups excluding carboxylic acids is 3. The molecule has 0 unspecified atom stereocenters. The molecule has 1 aliphatic rings. The third kappa shape index (κ3) is 4.79. The molecule has 0 aromatic heterocycles. The van der Waals surface area contributed by atoms with Crippen molar-refractivity contribution in [1.82, 2.24) is 15.5 Å². The van der Waals surface area contributed by atoms with E-state index < -0.39 is 12.1 Å². The Morgan fingerprint density at radius 1 is 1.29 bits per heavy atom. The van der Waals surface area contributed by atoms with Gasteiger partial charge in [-0.05, 0) is 12.0 Å². The van der Waals surface area contributed by atoms with Gasteiger partial charge in [0.05, 0.1) is 6.04 Å². The minimum Gasteiger partial charge on any atom is -0.356 e. The topological polar surface area (TPSA) is 87.7 Å². The Morgan fingerprint density at radius 2 is 2.00 bits per heavy atom. The Kier molecular flexibility index (Phi) is 6.31. The molecule has 1 saturated heterocycles. The number of carbonyl (C=O) groups is 3. The van der Waals surface area contributed by atoms with Crippen molar-refractivity contribution in [1.29, 1.82) is 0 Å². The van der Waals surface area contributed by atoms with Crippen molar-refractivity contribution < 1.29 is 19.1 Å². The third-order valence-electron chi connectivity index (χ3n) is 3.80. The standard InChI is InChI=1S/C17H23N3O4/c1-20(2)14(22)9-6-10-18-17(23)16-15(19-13(21)11-24-16)12-7-4-3-5-8-12/h3-5,7-8,15-16H,6,9-11H2,1-2H3,(H,18,23)(H,19,21)/t15-,16+/m1/s1. The molecule has 0 aliphatic carbocycles. The Labute approximate surface area is 141 Å². The van der Waals surface area contributed by atoms with Crippen LogP contribution in [0.2, 0.25) is 0 Å². The monoisotopic (exact) mass is 333 g/mol. The van der Waals surface area contributed by atoms with E-state index in [9.17, 15) is 14.4 Å². The van der Waals surface area contributed by atoms with Crippen molar-refractivity contribution in [3.8, 4) is 0 Å². The number of nitrogens with one attached hydrogen (secondary N) is 2. The van der Waals surface area contributed by atoms with Gasteiger partial charge >= 0.3 is 0 Å². The number of morpholine rings is 1. The smallest absolute Gasteiger partial charge is 0.251 e. The minimum atomic E-state index is -0.783. The lowest BCUT2D eigenvalue weighted by Gasteiger charge is -2.31. The van der Waals surface area contributed by atoms with Crippen LogP contribution in [0.1, 0.15) is 24.4 Å². The number of benzene rings is 1. The van der Waals surface area contributed by atoms with Crippen LogP contribution in [0, 0.1) is 0 Å². The molecule has 2 atom stereocenters. The molecule has 24 heavy (non-hydrogen) atoms. The normalized spacial score (nSPS) is 20.2. The van der Waals surface area contributed by atoms with Crippen LogP contribution in [0.4, 0.5) is 0 Å². The zero-order valence-electron chi connectivity index (χ0n) is 14.0. The van der Waals surface area contributed by atoms with Crippen molar-refractivity contribution in [2.75, 3.05) is 27.2 Å². The quantitative estimate of drug-likeness (QED) is 0.730. The van der Waals surface area contributed by atoms with E-state index in [1.807, 2.05) is 30.3 Å². The number of amides is 3. The molecule has 1 fully saturated rings. The summed E-state index contributed by atoms with van der Waals surface area (Å²) in [5, 5.41) is 5.58. The summed E-state index contributed by atoms with van der Waals surface area (Å²) in [6, 6.07) is 8.73. The maximum atomic E-state index is 12.4. The van der Waals surface area contributed by atoms with Crippen LogP contribution in [-0.2, 0) is 19.1 Å². The molecule has 2 rings (SSSR count). The SMILES string of the molecule is CN(C)C(=O)CCCNC(=O)[C@H]1OCC(=O)N[C@@H]1c1ccccc1. The summed E-state index contributed by atoms with van der Waals surface area (Å²) in [5.41, 5.74) is 0.813. The average Bonchev–Trinajstić information content (AvgIpc) is 2.58. The number of ether oxygens (including phenoxy) is 1. The number of hydrogen-bond acceptors (Lipinski definition) is 4. The maximum Gasteiger partial charge on any atom is 0.251 e. The van der Waals surface area contributed by atoms with Crippen molar-refractivity contribution in [3.63, 3.8) is 0 Å². The van der Waals surface area contributed by atoms with Gasteiger partial charge in [0.25, 0.3) is 5.91 Å². The largest absolute Gasteiger partial charge is 0.356 e. The highest BCUT2D eigenvalue weighted by molar-refractivity contribution is 5.86. The van der Waals surface area contributed by atoms with Gasteiger partial charge in [0, 0.05) is 27.1 Å². The molecule has 0 radical (unpaired) electrons. The van der Waals surface area contributed by atoms with Gasteiger partial charge in [-0.25, -0.2) is 0 Å². The van der Waals surface area contributed by atoms with Crippen LogP contribution < -0.4 is 10.6 Å². The molecule has 0 spiro atoms.